The number of nitrogens with zero attached hydrogens (tertiary/aromatic N) is 3. The molecule has 0 N–H and O–H groups in total. The van der Waals surface area contributed by atoms with Crippen molar-refractivity contribution >= 4 is 33.0 Å². The molecule has 1 aliphatic rings. The molecule has 0 saturated heterocycles. The molecule has 0 fully saturated rings. The fourth-order valence-electron chi connectivity index (χ4n) is 3.92. The van der Waals surface area contributed by atoms with Crippen molar-refractivity contribution in [1.29, 1.82) is 0 Å². The molecule has 1 atom stereocenters. The van der Waals surface area contributed by atoms with Crippen LogP contribution in [0.3, 0.4) is 0 Å². The van der Waals surface area contributed by atoms with Crippen LogP contribution in [0.1, 0.15) is 12.5 Å². The largest absolute Gasteiger partial charge is 0.307 e. The summed E-state index contributed by atoms with van der Waals surface area (Å²) in [6, 6.07) is 20.4. The summed E-state index contributed by atoms with van der Waals surface area (Å²) >= 11 is 0. The summed E-state index contributed by atoms with van der Waals surface area (Å²) in [6.07, 6.45) is 0.685. The summed E-state index contributed by atoms with van der Waals surface area (Å²) < 4.78 is 27.9. The van der Waals surface area contributed by atoms with E-state index in [1.165, 1.54) is 36.4 Å². The van der Waals surface area contributed by atoms with Gasteiger partial charge in [-0.15, -0.1) is 0 Å². The van der Waals surface area contributed by atoms with E-state index < -0.39 is 21.5 Å². The molecule has 0 bridgehead atoms. The summed E-state index contributed by atoms with van der Waals surface area (Å²) in [4.78, 5) is 25.5. The number of carbonyl (C=O) groups excluding carboxylic acids is 1. The standard InChI is InChI=1S/C23H21N3O5S/c1-17-15-18-7-5-6-10-22(18)25(17)23(27)16-24(19-11-13-20(14-12-19)26(28)29)32(30,31)21-8-3-2-4-9-21/h2-14,17H,15-16H2,1H3/t17-/m1/s1. The topological polar surface area (TPSA) is 101 Å². The Labute approximate surface area is 185 Å². The Bertz CT molecular complexity index is 1260. The van der Waals surface area contributed by atoms with E-state index in [9.17, 15) is 23.3 Å². The molecule has 0 aliphatic carbocycles. The van der Waals surface area contributed by atoms with Crippen molar-refractivity contribution < 1.29 is 18.1 Å². The van der Waals surface area contributed by atoms with Crippen molar-refractivity contribution in [3.63, 3.8) is 0 Å². The number of non-ortho nitro benzene ring substituents is 1. The Morgan fingerprint density at radius 2 is 1.66 bits per heavy atom. The molecule has 0 unspecified atom stereocenters. The van der Waals surface area contributed by atoms with Gasteiger partial charge in [-0.1, -0.05) is 36.4 Å². The minimum Gasteiger partial charge on any atom is -0.307 e. The van der Waals surface area contributed by atoms with Crippen molar-refractivity contribution in [2.75, 3.05) is 15.7 Å². The van der Waals surface area contributed by atoms with Crippen LogP contribution in [0.5, 0.6) is 0 Å². The summed E-state index contributed by atoms with van der Waals surface area (Å²) in [7, 11) is -4.09. The van der Waals surface area contributed by atoms with Crippen LogP contribution in [0.2, 0.25) is 0 Å². The fourth-order valence-corrected chi connectivity index (χ4v) is 5.36. The molecule has 0 spiro atoms. The molecule has 0 radical (unpaired) electrons. The summed E-state index contributed by atoms with van der Waals surface area (Å²) in [6.45, 7) is 1.48. The molecule has 0 aromatic heterocycles. The van der Waals surface area contributed by atoms with Gasteiger partial charge in [-0.2, -0.15) is 0 Å². The number of anilines is 2. The number of para-hydroxylation sites is 1. The van der Waals surface area contributed by atoms with Crippen molar-refractivity contribution in [1.82, 2.24) is 0 Å². The molecular formula is C23H21N3O5S. The number of benzene rings is 3. The van der Waals surface area contributed by atoms with Crippen molar-refractivity contribution in [3.05, 3.63) is 94.5 Å². The normalized spacial score (nSPS) is 15.3. The first-order chi connectivity index (χ1) is 15.3. The average Bonchev–Trinajstić information content (AvgIpc) is 3.13. The number of carbonyl (C=O) groups is 1. The number of sulfonamides is 1. The van der Waals surface area contributed by atoms with Gasteiger partial charge in [-0.05, 0) is 49.2 Å². The van der Waals surface area contributed by atoms with E-state index in [0.717, 1.165) is 15.6 Å². The van der Waals surface area contributed by atoms with Gasteiger partial charge < -0.3 is 4.90 Å². The highest BCUT2D eigenvalue weighted by Gasteiger charge is 2.34. The molecule has 164 valence electrons. The van der Waals surface area contributed by atoms with Crippen LogP contribution in [-0.2, 0) is 21.2 Å². The number of nitro groups is 1. The molecule has 1 aliphatic heterocycles. The first kappa shape index (κ1) is 21.5. The lowest BCUT2D eigenvalue weighted by atomic mass is 10.1. The predicted molar refractivity (Wildman–Crippen MR) is 121 cm³/mol. The van der Waals surface area contributed by atoms with Crippen molar-refractivity contribution in [3.8, 4) is 0 Å². The highest BCUT2D eigenvalue weighted by molar-refractivity contribution is 7.92. The number of fused-ring (bicyclic) bond motifs is 1. The van der Waals surface area contributed by atoms with Gasteiger partial charge in [0.1, 0.15) is 6.54 Å². The minimum atomic E-state index is -4.09. The number of nitro benzene ring substituents is 1. The maximum Gasteiger partial charge on any atom is 0.269 e. The van der Waals surface area contributed by atoms with Gasteiger partial charge in [0.15, 0.2) is 0 Å². The van der Waals surface area contributed by atoms with Gasteiger partial charge in [0.05, 0.1) is 15.5 Å². The molecule has 3 aromatic rings. The average molecular weight is 452 g/mol. The Balaban J connectivity index is 1.73. The zero-order valence-electron chi connectivity index (χ0n) is 17.3. The first-order valence-corrected chi connectivity index (χ1v) is 11.5. The molecule has 1 heterocycles. The summed E-state index contributed by atoms with van der Waals surface area (Å²) in [5, 5.41) is 11.0. The van der Waals surface area contributed by atoms with Gasteiger partial charge >= 0.3 is 0 Å². The second-order valence-corrected chi connectivity index (χ2v) is 9.41. The molecular weight excluding hydrogens is 430 g/mol. The van der Waals surface area contributed by atoms with Crippen LogP contribution in [0, 0.1) is 10.1 Å². The van der Waals surface area contributed by atoms with E-state index in [1.807, 2.05) is 31.2 Å². The van der Waals surface area contributed by atoms with Crippen LogP contribution in [0.25, 0.3) is 0 Å². The van der Waals surface area contributed by atoms with Gasteiger partial charge in [-0.3, -0.25) is 19.2 Å². The third-order valence-corrected chi connectivity index (χ3v) is 7.22. The van der Waals surface area contributed by atoms with Crippen LogP contribution in [0.15, 0.2) is 83.8 Å². The molecule has 9 heteroatoms. The Morgan fingerprint density at radius 3 is 2.31 bits per heavy atom. The van der Waals surface area contributed by atoms with Crippen LogP contribution < -0.4 is 9.21 Å². The quantitative estimate of drug-likeness (QED) is 0.419. The van der Waals surface area contributed by atoms with E-state index in [1.54, 1.807) is 23.1 Å². The Morgan fingerprint density at radius 1 is 1.03 bits per heavy atom. The van der Waals surface area contributed by atoms with Gasteiger partial charge in [0.2, 0.25) is 5.91 Å². The van der Waals surface area contributed by atoms with Crippen LogP contribution >= 0.6 is 0 Å². The molecule has 8 nitrogen and oxygen atoms in total. The smallest absolute Gasteiger partial charge is 0.269 e. The summed E-state index contributed by atoms with van der Waals surface area (Å²) in [5.41, 5.74) is 1.80. The minimum absolute atomic E-state index is 0.0287. The lowest BCUT2D eigenvalue weighted by Crippen LogP contribution is -2.45. The number of rotatable bonds is 6. The Kier molecular flexibility index (Phi) is 5.67. The second kappa shape index (κ2) is 8.43. The first-order valence-electron chi connectivity index (χ1n) is 10.0. The number of hydrogen-bond donors (Lipinski definition) is 0. The van der Waals surface area contributed by atoms with E-state index >= 15 is 0 Å². The molecule has 1 amide bonds. The van der Waals surface area contributed by atoms with Crippen LogP contribution in [-0.4, -0.2) is 31.8 Å². The SMILES string of the molecule is C[C@@H]1Cc2ccccc2N1C(=O)CN(c1ccc([N+](=O)[O-])cc1)S(=O)(=O)c1ccccc1. The third-order valence-electron chi connectivity index (χ3n) is 5.43. The molecule has 32 heavy (non-hydrogen) atoms. The van der Waals surface area contributed by atoms with E-state index in [4.69, 9.17) is 0 Å². The second-order valence-electron chi connectivity index (χ2n) is 7.54. The number of amides is 1. The maximum absolute atomic E-state index is 13.5. The van der Waals surface area contributed by atoms with Gasteiger partial charge in [-0.25, -0.2) is 8.42 Å². The van der Waals surface area contributed by atoms with Gasteiger partial charge in [0.25, 0.3) is 15.7 Å². The highest BCUT2D eigenvalue weighted by Crippen LogP contribution is 2.33. The van der Waals surface area contributed by atoms with E-state index in [-0.39, 0.29) is 28.2 Å². The zero-order chi connectivity index (χ0) is 22.9. The lowest BCUT2D eigenvalue weighted by Gasteiger charge is -2.28. The fraction of sp³-hybridized carbons (Fsp3) is 0.174. The van der Waals surface area contributed by atoms with Crippen LogP contribution in [0.4, 0.5) is 17.1 Å². The van der Waals surface area contributed by atoms with Gasteiger partial charge in [0, 0.05) is 23.9 Å². The Hall–Kier alpha value is -3.72. The van der Waals surface area contributed by atoms with E-state index in [2.05, 4.69) is 0 Å². The maximum atomic E-state index is 13.5. The number of hydrogen-bond acceptors (Lipinski definition) is 5. The van der Waals surface area contributed by atoms with Crippen molar-refractivity contribution in [2.45, 2.75) is 24.3 Å². The third kappa shape index (κ3) is 3.94. The van der Waals surface area contributed by atoms with Crippen molar-refractivity contribution in [2.24, 2.45) is 0 Å². The molecule has 3 aromatic carbocycles. The predicted octanol–water partition coefficient (Wildman–Crippen LogP) is 3.77. The molecule has 0 saturated carbocycles. The highest BCUT2D eigenvalue weighted by atomic mass is 32.2. The zero-order valence-corrected chi connectivity index (χ0v) is 18.1. The monoisotopic (exact) mass is 451 g/mol. The summed E-state index contributed by atoms with van der Waals surface area (Å²) in [5.74, 6) is -0.375. The lowest BCUT2D eigenvalue weighted by molar-refractivity contribution is -0.384. The van der Waals surface area contributed by atoms with E-state index in [0.29, 0.717) is 6.42 Å². The molecule has 4 rings (SSSR count).